The summed E-state index contributed by atoms with van der Waals surface area (Å²) in [6.07, 6.45) is 0. The van der Waals surface area contributed by atoms with E-state index in [-0.39, 0.29) is 0 Å². The molecule has 1 rings (SSSR count). The summed E-state index contributed by atoms with van der Waals surface area (Å²) in [7, 11) is 0.590. The van der Waals surface area contributed by atoms with Crippen LogP contribution in [0.15, 0.2) is 23.1 Å². The highest BCUT2D eigenvalue weighted by Crippen LogP contribution is 2.18. The summed E-state index contributed by atoms with van der Waals surface area (Å²) in [4.78, 5) is 0.807. The standard InChI is InChI=1S/C10H15NO2S/c1-8-9(11)4-3-5-10(8)14(12)7-6-13-2/h3-5H,6-7,11H2,1-2H3. The van der Waals surface area contributed by atoms with Crippen LogP contribution < -0.4 is 5.73 Å². The second-order valence-electron chi connectivity index (χ2n) is 3.01. The van der Waals surface area contributed by atoms with Crippen LogP contribution in [0, 0.1) is 6.92 Å². The van der Waals surface area contributed by atoms with Gasteiger partial charge in [-0.15, -0.1) is 0 Å². The molecule has 0 fully saturated rings. The third-order valence-electron chi connectivity index (χ3n) is 2.04. The van der Waals surface area contributed by atoms with Crippen LogP contribution in [0.25, 0.3) is 0 Å². The first-order valence-corrected chi connectivity index (χ1v) is 5.71. The lowest BCUT2D eigenvalue weighted by Crippen LogP contribution is -2.06. The molecule has 0 amide bonds. The Bertz CT molecular complexity index is 339. The van der Waals surface area contributed by atoms with E-state index in [0.29, 0.717) is 18.0 Å². The molecule has 1 aromatic rings. The second-order valence-corrected chi connectivity index (χ2v) is 4.55. The molecule has 4 heteroatoms. The van der Waals surface area contributed by atoms with Gasteiger partial charge in [-0.2, -0.15) is 0 Å². The summed E-state index contributed by atoms with van der Waals surface area (Å²) in [5.41, 5.74) is 7.31. The van der Waals surface area contributed by atoms with Crippen molar-refractivity contribution in [2.75, 3.05) is 25.2 Å². The van der Waals surface area contributed by atoms with Gasteiger partial charge in [0.2, 0.25) is 0 Å². The largest absolute Gasteiger partial charge is 0.398 e. The van der Waals surface area contributed by atoms with Crippen LogP contribution in [0.3, 0.4) is 0 Å². The molecule has 1 atom stereocenters. The van der Waals surface area contributed by atoms with Gasteiger partial charge in [0, 0.05) is 17.7 Å². The molecule has 1 unspecified atom stereocenters. The average molecular weight is 213 g/mol. The Morgan fingerprint density at radius 1 is 1.50 bits per heavy atom. The highest BCUT2D eigenvalue weighted by atomic mass is 32.2. The van der Waals surface area contributed by atoms with Gasteiger partial charge in [0.1, 0.15) is 0 Å². The van der Waals surface area contributed by atoms with Gasteiger partial charge in [-0.3, -0.25) is 4.21 Å². The highest BCUT2D eigenvalue weighted by Gasteiger charge is 2.08. The molecule has 78 valence electrons. The average Bonchev–Trinajstić information content (AvgIpc) is 2.18. The summed E-state index contributed by atoms with van der Waals surface area (Å²) < 4.78 is 16.6. The van der Waals surface area contributed by atoms with Crippen molar-refractivity contribution in [2.45, 2.75) is 11.8 Å². The minimum Gasteiger partial charge on any atom is -0.398 e. The maximum atomic E-state index is 11.8. The maximum absolute atomic E-state index is 11.8. The molecule has 3 nitrogen and oxygen atoms in total. The van der Waals surface area contributed by atoms with E-state index in [1.807, 2.05) is 25.1 Å². The number of methoxy groups -OCH3 is 1. The smallest absolute Gasteiger partial charge is 0.0581 e. The quantitative estimate of drug-likeness (QED) is 0.768. The lowest BCUT2D eigenvalue weighted by molar-refractivity contribution is 0.218. The van der Waals surface area contributed by atoms with E-state index in [0.717, 1.165) is 10.5 Å². The molecular formula is C10H15NO2S. The van der Waals surface area contributed by atoms with Crippen molar-refractivity contribution in [3.8, 4) is 0 Å². The molecular weight excluding hydrogens is 198 g/mol. The minimum atomic E-state index is -1.01. The molecule has 0 heterocycles. The summed E-state index contributed by atoms with van der Waals surface area (Å²) >= 11 is 0. The van der Waals surface area contributed by atoms with Crippen LogP contribution in [-0.4, -0.2) is 23.7 Å². The van der Waals surface area contributed by atoms with E-state index in [9.17, 15) is 4.21 Å². The van der Waals surface area contributed by atoms with Gasteiger partial charge in [-0.1, -0.05) is 6.07 Å². The third kappa shape index (κ3) is 2.56. The monoisotopic (exact) mass is 213 g/mol. The van der Waals surface area contributed by atoms with Gasteiger partial charge in [0.15, 0.2) is 0 Å². The summed E-state index contributed by atoms with van der Waals surface area (Å²) in [6, 6.07) is 5.48. The van der Waals surface area contributed by atoms with Crippen molar-refractivity contribution in [1.82, 2.24) is 0 Å². The zero-order valence-electron chi connectivity index (χ0n) is 8.45. The Labute approximate surface area is 86.7 Å². The van der Waals surface area contributed by atoms with Crippen molar-refractivity contribution < 1.29 is 8.95 Å². The maximum Gasteiger partial charge on any atom is 0.0581 e. The van der Waals surface area contributed by atoms with E-state index in [2.05, 4.69) is 0 Å². The van der Waals surface area contributed by atoms with Gasteiger partial charge in [-0.25, -0.2) is 0 Å². The van der Waals surface area contributed by atoms with Crippen LogP contribution in [0.4, 0.5) is 5.69 Å². The molecule has 0 aliphatic rings. The van der Waals surface area contributed by atoms with Crippen molar-refractivity contribution in [3.63, 3.8) is 0 Å². The molecule has 0 saturated carbocycles. The first-order chi connectivity index (χ1) is 6.66. The topological polar surface area (TPSA) is 52.3 Å². The van der Waals surface area contributed by atoms with E-state index in [1.54, 1.807) is 7.11 Å². The summed E-state index contributed by atoms with van der Waals surface area (Å²) in [5, 5.41) is 0. The Morgan fingerprint density at radius 3 is 2.86 bits per heavy atom. The molecule has 14 heavy (non-hydrogen) atoms. The van der Waals surface area contributed by atoms with Crippen molar-refractivity contribution in [1.29, 1.82) is 0 Å². The van der Waals surface area contributed by atoms with Crippen LogP contribution in [0.1, 0.15) is 5.56 Å². The van der Waals surface area contributed by atoms with Crippen molar-refractivity contribution in [2.24, 2.45) is 0 Å². The number of anilines is 1. The lowest BCUT2D eigenvalue weighted by atomic mass is 10.2. The normalized spacial score (nSPS) is 12.7. The Hall–Kier alpha value is -0.870. The van der Waals surface area contributed by atoms with E-state index >= 15 is 0 Å². The molecule has 2 N–H and O–H groups in total. The van der Waals surface area contributed by atoms with Gasteiger partial charge >= 0.3 is 0 Å². The molecule has 1 aromatic carbocycles. The molecule has 0 aliphatic carbocycles. The highest BCUT2D eigenvalue weighted by molar-refractivity contribution is 7.85. The predicted octanol–water partition coefficient (Wildman–Crippen LogP) is 1.33. The van der Waals surface area contributed by atoms with Crippen LogP contribution in [0.5, 0.6) is 0 Å². The number of hydrogen-bond acceptors (Lipinski definition) is 3. The first-order valence-electron chi connectivity index (χ1n) is 4.39. The van der Waals surface area contributed by atoms with E-state index in [1.165, 1.54) is 0 Å². The number of rotatable bonds is 4. The molecule has 0 aromatic heterocycles. The predicted molar refractivity (Wildman–Crippen MR) is 58.7 cm³/mol. The fourth-order valence-electron chi connectivity index (χ4n) is 1.15. The molecule has 0 aliphatic heterocycles. The number of benzene rings is 1. The Morgan fingerprint density at radius 2 is 2.21 bits per heavy atom. The third-order valence-corrected chi connectivity index (χ3v) is 3.51. The van der Waals surface area contributed by atoms with Gasteiger partial charge < -0.3 is 10.5 Å². The number of ether oxygens (including phenoxy) is 1. The second kappa shape index (κ2) is 5.12. The summed E-state index contributed by atoms with van der Waals surface area (Å²) in [6.45, 7) is 2.39. The lowest BCUT2D eigenvalue weighted by Gasteiger charge is -2.07. The molecule has 0 bridgehead atoms. The number of hydrogen-bond donors (Lipinski definition) is 1. The fraction of sp³-hybridized carbons (Fsp3) is 0.400. The van der Waals surface area contributed by atoms with E-state index in [4.69, 9.17) is 10.5 Å². The van der Waals surface area contributed by atoms with Gasteiger partial charge in [-0.05, 0) is 24.6 Å². The van der Waals surface area contributed by atoms with Crippen molar-refractivity contribution in [3.05, 3.63) is 23.8 Å². The molecule has 0 radical (unpaired) electrons. The molecule has 0 saturated heterocycles. The van der Waals surface area contributed by atoms with Crippen molar-refractivity contribution >= 4 is 16.5 Å². The SMILES string of the molecule is COCCS(=O)c1cccc(N)c1C. The minimum absolute atomic E-state index is 0.501. The zero-order valence-corrected chi connectivity index (χ0v) is 9.26. The van der Waals surface area contributed by atoms with Gasteiger partial charge in [0.25, 0.3) is 0 Å². The Kier molecular flexibility index (Phi) is 4.10. The zero-order chi connectivity index (χ0) is 10.6. The van der Waals surface area contributed by atoms with E-state index < -0.39 is 10.8 Å². The number of nitrogens with two attached hydrogens (primary N) is 1. The number of nitrogen functional groups attached to an aromatic ring is 1. The Balaban J connectivity index is 2.84. The van der Waals surface area contributed by atoms with Crippen LogP contribution in [-0.2, 0) is 15.5 Å². The van der Waals surface area contributed by atoms with Crippen LogP contribution in [0.2, 0.25) is 0 Å². The molecule has 0 spiro atoms. The first kappa shape index (κ1) is 11.2. The summed E-state index contributed by atoms with van der Waals surface area (Å²) in [5.74, 6) is 0.515. The fourth-order valence-corrected chi connectivity index (χ4v) is 2.37. The van der Waals surface area contributed by atoms with Crippen LogP contribution >= 0.6 is 0 Å². The van der Waals surface area contributed by atoms with Gasteiger partial charge in [0.05, 0.1) is 23.2 Å².